The lowest BCUT2D eigenvalue weighted by Crippen LogP contribution is -2.30. The van der Waals surface area contributed by atoms with Crippen LogP contribution in [0.15, 0.2) is 89.5 Å². The van der Waals surface area contributed by atoms with Gasteiger partial charge in [0.05, 0.1) is 17.4 Å². The van der Waals surface area contributed by atoms with Crippen LogP contribution in [0.25, 0.3) is 6.08 Å². The number of hydrogen-bond donors (Lipinski definition) is 3. The summed E-state index contributed by atoms with van der Waals surface area (Å²) in [6, 6.07) is 23.8. The van der Waals surface area contributed by atoms with Crippen LogP contribution >= 0.6 is 23.1 Å². The van der Waals surface area contributed by atoms with Crippen molar-refractivity contribution >= 4 is 63.6 Å². The molecule has 1 aliphatic carbocycles. The molecule has 3 N–H and O–H groups in total. The Morgan fingerprint density at radius 2 is 1.66 bits per heavy atom. The van der Waals surface area contributed by atoms with E-state index in [0.717, 1.165) is 40.2 Å². The quantitative estimate of drug-likeness (QED) is 0.0755. The lowest BCUT2D eigenvalue weighted by Gasteiger charge is -2.33. The third kappa shape index (κ3) is 10.3. The summed E-state index contributed by atoms with van der Waals surface area (Å²) in [5.74, 6) is -0.689. The van der Waals surface area contributed by atoms with E-state index in [1.807, 2.05) is 43.3 Å². The third-order valence-corrected chi connectivity index (χ3v) is 11.7. The number of fused-ring (bicyclic) bond motifs is 1. The molecule has 3 aromatic carbocycles. The predicted octanol–water partition coefficient (Wildman–Crippen LogP) is 9.73. The Kier molecular flexibility index (Phi) is 13.0. The van der Waals surface area contributed by atoms with Crippen molar-refractivity contribution in [2.75, 3.05) is 17.2 Å². The van der Waals surface area contributed by atoms with Crippen LogP contribution in [0.3, 0.4) is 0 Å². The van der Waals surface area contributed by atoms with Crippen LogP contribution in [0.1, 0.15) is 103 Å². The second kappa shape index (κ2) is 17.4. The SMILES string of the molecule is CCOC(=O)c1c(NC(=O)C(C)Sc2cccc(NC(=O)/C(=C\c3ccc(C(C)C)cc3)NC(=O)c3ccccc3)c2)sc2c1CCC(C(C)(C)C)C2. The summed E-state index contributed by atoms with van der Waals surface area (Å²) in [7, 11) is 0. The van der Waals surface area contributed by atoms with Crippen molar-refractivity contribution in [3.8, 4) is 0 Å². The molecule has 0 fully saturated rings. The molecule has 3 amide bonds. The lowest BCUT2D eigenvalue weighted by molar-refractivity contribution is -0.115. The number of rotatable bonds is 12. The summed E-state index contributed by atoms with van der Waals surface area (Å²) in [5, 5.41) is 8.78. The fraction of sp³-hybridized carbons (Fsp3) is 0.349. The van der Waals surface area contributed by atoms with Gasteiger partial charge >= 0.3 is 5.97 Å². The van der Waals surface area contributed by atoms with E-state index >= 15 is 0 Å². The number of esters is 1. The number of anilines is 2. The highest BCUT2D eigenvalue weighted by Gasteiger charge is 2.35. The fourth-order valence-electron chi connectivity index (χ4n) is 6.24. The Morgan fingerprint density at radius 1 is 0.943 bits per heavy atom. The fourth-order valence-corrected chi connectivity index (χ4v) is 8.48. The third-order valence-electron chi connectivity index (χ3n) is 9.42. The number of carbonyl (C=O) groups excluding carboxylic acids is 4. The molecule has 0 saturated carbocycles. The first-order chi connectivity index (χ1) is 25.2. The maximum Gasteiger partial charge on any atom is 0.341 e. The van der Waals surface area contributed by atoms with Crippen molar-refractivity contribution in [3.63, 3.8) is 0 Å². The van der Waals surface area contributed by atoms with Gasteiger partial charge in [0.25, 0.3) is 11.8 Å². The maximum absolute atomic E-state index is 13.7. The molecule has 0 bridgehead atoms. The average Bonchev–Trinajstić information content (AvgIpc) is 3.49. The molecule has 0 spiro atoms. The molecule has 2 unspecified atom stereocenters. The highest BCUT2D eigenvalue weighted by Crippen LogP contribution is 2.44. The number of ether oxygens (including phenoxy) is 1. The molecule has 1 heterocycles. The van der Waals surface area contributed by atoms with E-state index in [2.05, 4.69) is 50.6 Å². The maximum atomic E-state index is 13.7. The molecule has 1 aliphatic rings. The summed E-state index contributed by atoms with van der Waals surface area (Å²) in [5.41, 5.74) is 4.58. The molecule has 5 rings (SSSR count). The lowest BCUT2D eigenvalue weighted by atomic mass is 9.72. The molecule has 1 aromatic heterocycles. The molecule has 10 heteroatoms. The second-order valence-corrected chi connectivity index (χ2v) is 17.2. The van der Waals surface area contributed by atoms with Gasteiger partial charge < -0.3 is 20.7 Å². The first-order valence-corrected chi connectivity index (χ1v) is 19.8. The van der Waals surface area contributed by atoms with Crippen molar-refractivity contribution < 1.29 is 23.9 Å². The van der Waals surface area contributed by atoms with Gasteiger partial charge in [-0.2, -0.15) is 0 Å². The van der Waals surface area contributed by atoms with E-state index in [1.54, 1.807) is 55.5 Å². The van der Waals surface area contributed by atoms with Gasteiger partial charge in [-0.3, -0.25) is 14.4 Å². The zero-order valence-corrected chi connectivity index (χ0v) is 33.1. The summed E-state index contributed by atoms with van der Waals surface area (Å²) in [6.45, 7) is 14.8. The molecule has 278 valence electrons. The molecule has 2 atom stereocenters. The summed E-state index contributed by atoms with van der Waals surface area (Å²) in [6.07, 6.45) is 4.28. The minimum Gasteiger partial charge on any atom is -0.462 e. The monoisotopic (exact) mass is 751 g/mol. The van der Waals surface area contributed by atoms with Gasteiger partial charge in [-0.05, 0) is 103 Å². The molecule has 0 saturated heterocycles. The number of thioether (sulfide) groups is 1. The number of nitrogens with one attached hydrogen (secondary N) is 3. The summed E-state index contributed by atoms with van der Waals surface area (Å²) in [4.78, 5) is 55.4. The minimum absolute atomic E-state index is 0.0896. The van der Waals surface area contributed by atoms with Gasteiger partial charge in [0.15, 0.2) is 0 Å². The first kappa shape index (κ1) is 39.5. The van der Waals surface area contributed by atoms with Crippen molar-refractivity contribution in [1.29, 1.82) is 0 Å². The number of amides is 3. The van der Waals surface area contributed by atoms with Crippen LogP contribution in [0.2, 0.25) is 0 Å². The number of hydrogen-bond acceptors (Lipinski definition) is 7. The number of benzene rings is 3. The molecule has 0 aliphatic heterocycles. The molecule has 53 heavy (non-hydrogen) atoms. The number of thiophene rings is 1. The highest BCUT2D eigenvalue weighted by atomic mass is 32.2. The van der Waals surface area contributed by atoms with Gasteiger partial charge in [0.1, 0.15) is 10.7 Å². The smallest absolute Gasteiger partial charge is 0.341 e. The van der Waals surface area contributed by atoms with Crippen molar-refractivity contribution in [3.05, 3.63) is 117 Å². The van der Waals surface area contributed by atoms with E-state index in [1.165, 1.54) is 28.7 Å². The predicted molar refractivity (Wildman–Crippen MR) is 217 cm³/mol. The first-order valence-electron chi connectivity index (χ1n) is 18.1. The Labute approximate surface area is 321 Å². The van der Waals surface area contributed by atoms with Gasteiger partial charge in [-0.25, -0.2) is 4.79 Å². The molecule has 0 radical (unpaired) electrons. The van der Waals surface area contributed by atoms with E-state index in [4.69, 9.17) is 4.74 Å². The normalized spacial score (nSPS) is 14.9. The van der Waals surface area contributed by atoms with Crippen molar-refractivity contribution in [1.82, 2.24) is 5.32 Å². The average molecular weight is 752 g/mol. The minimum atomic E-state index is -0.521. The van der Waals surface area contributed by atoms with E-state index in [9.17, 15) is 19.2 Å². The van der Waals surface area contributed by atoms with E-state index < -0.39 is 23.0 Å². The summed E-state index contributed by atoms with van der Waals surface area (Å²) < 4.78 is 5.43. The van der Waals surface area contributed by atoms with Crippen LogP contribution in [-0.4, -0.2) is 35.5 Å². The van der Waals surface area contributed by atoms with Crippen LogP contribution in [0, 0.1) is 11.3 Å². The topological polar surface area (TPSA) is 114 Å². The van der Waals surface area contributed by atoms with Crippen LogP contribution in [-0.2, 0) is 27.2 Å². The van der Waals surface area contributed by atoms with Gasteiger partial charge in [-0.15, -0.1) is 23.1 Å². The van der Waals surface area contributed by atoms with Crippen molar-refractivity contribution in [2.45, 2.75) is 83.8 Å². The van der Waals surface area contributed by atoms with Gasteiger partial charge in [0, 0.05) is 21.0 Å². The van der Waals surface area contributed by atoms with Crippen molar-refractivity contribution in [2.24, 2.45) is 11.3 Å². The van der Waals surface area contributed by atoms with Crippen LogP contribution < -0.4 is 16.0 Å². The molecular formula is C43H49N3O5S2. The largest absolute Gasteiger partial charge is 0.462 e. The summed E-state index contributed by atoms with van der Waals surface area (Å²) >= 11 is 2.82. The standard InChI is InChI=1S/C43H49N3O5S2/c1-8-51-42(50)37-34-22-21-31(43(5,6)7)24-36(34)53-41(37)46-38(47)27(4)52-33-16-12-15-32(25-33)44-40(49)35(45-39(48)30-13-10-9-11-14-30)23-28-17-19-29(20-18-28)26(2)3/h9-20,23,25-27,31H,8,21-22,24H2,1-7H3,(H,44,49)(H,45,48)(H,46,47)/b35-23+. The second-order valence-electron chi connectivity index (χ2n) is 14.7. The molecular weight excluding hydrogens is 703 g/mol. The molecule has 8 nitrogen and oxygen atoms in total. The number of carbonyl (C=O) groups is 4. The zero-order chi connectivity index (χ0) is 38.3. The van der Waals surface area contributed by atoms with Crippen LogP contribution in [0.5, 0.6) is 0 Å². The Balaban J connectivity index is 1.31. The highest BCUT2D eigenvalue weighted by molar-refractivity contribution is 8.00. The van der Waals surface area contributed by atoms with Gasteiger partial charge in [-0.1, -0.05) is 83.1 Å². The zero-order valence-electron chi connectivity index (χ0n) is 31.5. The molecule has 4 aromatic rings. The van der Waals surface area contributed by atoms with E-state index in [0.29, 0.717) is 33.7 Å². The van der Waals surface area contributed by atoms with Crippen LogP contribution in [0.4, 0.5) is 10.7 Å². The Bertz CT molecular complexity index is 1980. The Hall–Kier alpha value is -4.67. The van der Waals surface area contributed by atoms with E-state index in [-0.39, 0.29) is 23.6 Å². The van der Waals surface area contributed by atoms with Gasteiger partial charge in [0.2, 0.25) is 5.91 Å². The Morgan fingerprint density at radius 3 is 2.32 bits per heavy atom.